The Balaban J connectivity index is 1.52. The summed E-state index contributed by atoms with van der Waals surface area (Å²) in [6, 6.07) is 16.9. The van der Waals surface area contributed by atoms with Crippen molar-refractivity contribution in [1.29, 1.82) is 0 Å². The smallest absolute Gasteiger partial charge is 0.321 e. The molecular formula is C23H31N3O. The predicted octanol–water partition coefficient (Wildman–Crippen LogP) is 4.20. The number of urea groups is 1. The maximum Gasteiger partial charge on any atom is 0.321 e. The highest BCUT2D eigenvalue weighted by molar-refractivity contribution is 5.91. The molecule has 1 aliphatic rings. The minimum atomic E-state index is 0.0355. The third kappa shape index (κ3) is 5.10. The largest absolute Gasteiger partial charge is 0.322 e. The number of hydrogen-bond acceptors (Lipinski definition) is 2. The monoisotopic (exact) mass is 365 g/mol. The summed E-state index contributed by atoms with van der Waals surface area (Å²) in [4.78, 5) is 17.2. The Bertz CT molecular complexity index is 714. The molecule has 1 heterocycles. The summed E-state index contributed by atoms with van der Waals surface area (Å²) in [6.45, 7) is 8.78. The molecule has 2 aromatic rings. The van der Waals surface area contributed by atoms with E-state index in [-0.39, 0.29) is 6.03 Å². The molecule has 0 unspecified atom stereocenters. The molecule has 0 atom stereocenters. The number of amides is 2. The molecular weight excluding hydrogens is 334 g/mol. The zero-order valence-corrected chi connectivity index (χ0v) is 16.6. The molecule has 4 heteroatoms. The maximum atomic E-state index is 12.8. The Morgan fingerprint density at radius 2 is 1.52 bits per heavy atom. The fourth-order valence-electron chi connectivity index (χ4n) is 3.70. The Kier molecular flexibility index (Phi) is 6.88. The second-order valence-corrected chi connectivity index (χ2v) is 7.15. The summed E-state index contributed by atoms with van der Waals surface area (Å²) in [5.41, 5.74) is 4.81. The summed E-state index contributed by atoms with van der Waals surface area (Å²) < 4.78 is 0. The Morgan fingerprint density at radius 3 is 2.11 bits per heavy atom. The number of rotatable bonds is 6. The molecule has 1 fully saturated rings. The van der Waals surface area contributed by atoms with Crippen LogP contribution < -0.4 is 5.32 Å². The second kappa shape index (κ2) is 9.56. The van der Waals surface area contributed by atoms with Crippen LogP contribution >= 0.6 is 0 Å². The SMILES string of the molecule is CCc1cccc(CC)c1NC(=O)N1CCN(CCc2ccccc2)CC1. The number of para-hydroxylation sites is 1. The first kappa shape index (κ1) is 19.4. The van der Waals surface area contributed by atoms with Gasteiger partial charge in [-0.05, 0) is 36.0 Å². The van der Waals surface area contributed by atoms with Gasteiger partial charge in [-0.2, -0.15) is 0 Å². The number of nitrogens with one attached hydrogen (secondary N) is 1. The van der Waals surface area contributed by atoms with Crippen molar-refractivity contribution in [2.24, 2.45) is 0 Å². The van der Waals surface area contributed by atoms with Crippen LogP contribution in [0.25, 0.3) is 0 Å². The van der Waals surface area contributed by atoms with E-state index in [2.05, 4.69) is 72.6 Å². The van der Waals surface area contributed by atoms with Crippen LogP contribution in [0.4, 0.5) is 10.5 Å². The Labute approximate surface area is 163 Å². The topological polar surface area (TPSA) is 35.6 Å². The van der Waals surface area contributed by atoms with Gasteiger partial charge in [0.1, 0.15) is 0 Å². The highest BCUT2D eigenvalue weighted by Gasteiger charge is 2.22. The molecule has 0 saturated carbocycles. The standard InChI is InChI=1S/C23H31N3O/c1-3-20-11-8-12-21(4-2)22(20)24-23(27)26-17-15-25(16-18-26)14-13-19-9-6-5-7-10-19/h5-12H,3-4,13-18H2,1-2H3,(H,24,27). The van der Waals surface area contributed by atoms with Crippen LogP contribution in [0.2, 0.25) is 0 Å². The summed E-state index contributed by atoms with van der Waals surface area (Å²) in [7, 11) is 0. The average Bonchev–Trinajstić information content (AvgIpc) is 2.73. The molecule has 1 N–H and O–H groups in total. The first-order chi connectivity index (χ1) is 13.2. The molecule has 1 saturated heterocycles. The zero-order valence-electron chi connectivity index (χ0n) is 16.6. The number of carbonyl (C=O) groups is 1. The van der Waals surface area contributed by atoms with Gasteiger partial charge in [0.15, 0.2) is 0 Å². The number of nitrogens with zero attached hydrogens (tertiary/aromatic N) is 2. The van der Waals surface area contributed by atoms with Gasteiger partial charge in [-0.1, -0.05) is 62.4 Å². The summed E-state index contributed by atoms with van der Waals surface area (Å²) in [5, 5.41) is 3.19. The number of hydrogen-bond donors (Lipinski definition) is 1. The quantitative estimate of drug-likeness (QED) is 0.833. The maximum absolute atomic E-state index is 12.8. The molecule has 3 rings (SSSR count). The highest BCUT2D eigenvalue weighted by Crippen LogP contribution is 2.23. The lowest BCUT2D eigenvalue weighted by molar-refractivity contribution is 0.148. The summed E-state index contributed by atoms with van der Waals surface area (Å²) in [5.74, 6) is 0. The number of benzene rings is 2. The van der Waals surface area contributed by atoms with E-state index in [4.69, 9.17) is 0 Å². The fraction of sp³-hybridized carbons (Fsp3) is 0.435. The van der Waals surface area contributed by atoms with E-state index < -0.39 is 0 Å². The van der Waals surface area contributed by atoms with Crippen molar-refractivity contribution in [3.63, 3.8) is 0 Å². The van der Waals surface area contributed by atoms with Gasteiger partial charge in [-0.15, -0.1) is 0 Å². The number of aryl methyl sites for hydroxylation is 2. The molecule has 0 aromatic heterocycles. The van der Waals surface area contributed by atoms with E-state index in [0.29, 0.717) is 0 Å². The van der Waals surface area contributed by atoms with Crippen molar-refractivity contribution < 1.29 is 4.79 Å². The molecule has 0 bridgehead atoms. The van der Waals surface area contributed by atoms with Crippen LogP contribution in [-0.2, 0) is 19.3 Å². The minimum Gasteiger partial charge on any atom is -0.322 e. The number of piperazine rings is 1. The first-order valence-electron chi connectivity index (χ1n) is 10.1. The molecule has 0 aliphatic carbocycles. The lowest BCUT2D eigenvalue weighted by atomic mass is 10.0. The van der Waals surface area contributed by atoms with Gasteiger partial charge in [0.25, 0.3) is 0 Å². The normalized spacial score (nSPS) is 15.0. The van der Waals surface area contributed by atoms with Gasteiger partial charge in [0.05, 0.1) is 0 Å². The van der Waals surface area contributed by atoms with Gasteiger partial charge in [-0.25, -0.2) is 4.79 Å². The van der Waals surface area contributed by atoms with Crippen LogP contribution in [0.3, 0.4) is 0 Å². The fourth-order valence-corrected chi connectivity index (χ4v) is 3.70. The lowest BCUT2D eigenvalue weighted by Crippen LogP contribution is -2.50. The molecule has 4 nitrogen and oxygen atoms in total. The van der Waals surface area contributed by atoms with Crippen molar-refractivity contribution in [1.82, 2.24) is 9.80 Å². The van der Waals surface area contributed by atoms with Gasteiger partial charge < -0.3 is 10.2 Å². The van der Waals surface area contributed by atoms with Crippen molar-refractivity contribution in [2.75, 3.05) is 38.0 Å². The summed E-state index contributed by atoms with van der Waals surface area (Å²) in [6.07, 6.45) is 2.92. The van der Waals surface area contributed by atoms with Crippen LogP contribution in [0.1, 0.15) is 30.5 Å². The van der Waals surface area contributed by atoms with Crippen molar-refractivity contribution in [3.8, 4) is 0 Å². The molecule has 2 aromatic carbocycles. The van der Waals surface area contributed by atoms with Crippen LogP contribution in [0.5, 0.6) is 0 Å². The van der Waals surface area contributed by atoms with Gasteiger partial charge in [0, 0.05) is 38.4 Å². The van der Waals surface area contributed by atoms with E-state index in [0.717, 1.165) is 57.7 Å². The molecule has 144 valence electrons. The lowest BCUT2D eigenvalue weighted by Gasteiger charge is -2.35. The van der Waals surface area contributed by atoms with Crippen LogP contribution in [0.15, 0.2) is 48.5 Å². The number of carbonyl (C=O) groups excluding carboxylic acids is 1. The molecule has 27 heavy (non-hydrogen) atoms. The average molecular weight is 366 g/mol. The van der Waals surface area contributed by atoms with Gasteiger partial charge in [-0.3, -0.25) is 4.90 Å². The molecule has 0 spiro atoms. The van der Waals surface area contributed by atoms with Crippen LogP contribution in [-0.4, -0.2) is 48.6 Å². The van der Waals surface area contributed by atoms with E-state index in [9.17, 15) is 4.79 Å². The van der Waals surface area contributed by atoms with Gasteiger partial charge >= 0.3 is 6.03 Å². The van der Waals surface area contributed by atoms with Crippen LogP contribution in [0, 0.1) is 0 Å². The summed E-state index contributed by atoms with van der Waals surface area (Å²) >= 11 is 0. The number of anilines is 1. The Hall–Kier alpha value is -2.33. The predicted molar refractivity (Wildman–Crippen MR) is 112 cm³/mol. The zero-order chi connectivity index (χ0) is 19.1. The third-order valence-electron chi connectivity index (χ3n) is 5.45. The highest BCUT2D eigenvalue weighted by atomic mass is 16.2. The van der Waals surface area contributed by atoms with Crippen molar-refractivity contribution in [3.05, 3.63) is 65.2 Å². The van der Waals surface area contributed by atoms with E-state index >= 15 is 0 Å². The van der Waals surface area contributed by atoms with Crippen molar-refractivity contribution in [2.45, 2.75) is 33.1 Å². The van der Waals surface area contributed by atoms with E-state index in [1.54, 1.807) is 0 Å². The second-order valence-electron chi connectivity index (χ2n) is 7.15. The van der Waals surface area contributed by atoms with E-state index in [1.165, 1.54) is 16.7 Å². The third-order valence-corrected chi connectivity index (χ3v) is 5.45. The molecule has 0 radical (unpaired) electrons. The minimum absolute atomic E-state index is 0.0355. The molecule has 2 amide bonds. The van der Waals surface area contributed by atoms with E-state index in [1.807, 2.05) is 4.90 Å². The Morgan fingerprint density at radius 1 is 0.889 bits per heavy atom. The van der Waals surface area contributed by atoms with Gasteiger partial charge in [0.2, 0.25) is 0 Å². The first-order valence-corrected chi connectivity index (χ1v) is 10.1. The molecule has 1 aliphatic heterocycles. The van der Waals surface area contributed by atoms with Crippen molar-refractivity contribution >= 4 is 11.7 Å².